The van der Waals surface area contributed by atoms with Gasteiger partial charge in [-0.1, -0.05) is 0 Å². The van der Waals surface area contributed by atoms with Gasteiger partial charge >= 0.3 is 0 Å². The second-order valence-electron chi connectivity index (χ2n) is 3.99. The van der Waals surface area contributed by atoms with E-state index in [0.717, 1.165) is 19.1 Å². The molecule has 0 saturated carbocycles. The van der Waals surface area contributed by atoms with Crippen LogP contribution in [0.4, 0.5) is 0 Å². The highest BCUT2D eigenvalue weighted by Crippen LogP contribution is 2.11. The number of hydrogen-bond donors (Lipinski definition) is 0. The largest absolute Gasteiger partial charge is 0.420 e. The molecule has 4 nitrogen and oxygen atoms in total. The first kappa shape index (κ1) is 15.1. The van der Waals surface area contributed by atoms with Crippen molar-refractivity contribution >= 4 is 8.32 Å². The van der Waals surface area contributed by atoms with Crippen LogP contribution in [0.2, 0.25) is 19.1 Å². The molecule has 0 fully saturated rings. The summed E-state index contributed by atoms with van der Waals surface area (Å²) < 4.78 is 20.7. The van der Waals surface area contributed by atoms with E-state index >= 15 is 0 Å². The van der Waals surface area contributed by atoms with Crippen molar-refractivity contribution in [2.45, 2.75) is 25.6 Å². The molecule has 0 rings (SSSR count). The zero-order valence-corrected chi connectivity index (χ0v) is 11.4. The minimum absolute atomic E-state index is 0.340. The van der Waals surface area contributed by atoms with Crippen LogP contribution in [0.5, 0.6) is 0 Å². The van der Waals surface area contributed by atoms with Crippen LogP contribution in [0, 0.1) is 0 Å². The maximum absolute atomic E-state index is 5.44. The molecule has 92 valence electrons. The molecular formula is C10H24O4Si. The smallest absolute Gasteiger partial charge is 0.186 e. The molecule has 0 heterocycles. The standard InChI is InChI=1S/C10H24O4Si/c1-11-10-14-8-7-13-6-5-9-15(3,4)12-2/h5-10H2,1-4H3. The van der Waals surface area contributed by atoms with Gasteiger partial charge in [-0.15, -0.1) is 0 Å². The van der Waals surface area contributed by atoms with Crippen LogP contribution in [0.25, 0.3) is 0 Å². The summed E-state index contributed by atoms with van der Waals surface area (Å²) >= 11 is 0. The van der Waals surface area contributed by atoms with E-state index in [4.69, 9.17) is 18.6 Å². The number of hydrogen-bond acceptors (Lipinski definition) is 4. The van der Waals surface area contributed by atoms with Crippen LogP contribution in [0.3, 0.4) is 0 Å². The van der Waals surface area contributed by atoms with Gasteiger partial charge in [-0.2, -0.15) is 0 Å². The molecule has 0 amide bonds. The average Bonchev–Trinajstić information content (AvgIpc) is 2.22. The zero-order chi connectivity index (χ0) is 11.6. The molecule has 0 aromatic rings. The third-order valence-corrected chi connectivity index (χ3v) is 4.86. The van der Waals surface area contributed by atoms with Gasteiger partial charge in [0.2, 0.25) is 0 Å². The van der Waals surface area contributed by atoms with Crippen molar-refractivity contribution in [3.63, 3.8) is 0 Å². The Balaban J connectivity index is 3.11. The van der Waals surface area contributed by atoms with Crippen molar-refractivity contribution < 1.29 is 18.6 Å². The Morgan fingerprint density at radius 2 is 1.60 bits per heavy atom. The molecule has 0 aliphatic rings. The zero-order valence-electron chi connectivity index (χ0n) is 10.4. The lowest BCUT2D eigenvalue weighted by Crippen LogP contribution is -2.28. The number of methoxy groups -OCH3 is 1. The highest BCUT2D eigenvalue weighted by atomic mass is 28.4. The van der Waals surface area contributed by atoms with E-state index in [1.54, 1.807) is 14.2 Å². The lowest BCUT2D eigenvalue weighted by atomic mass is 10.5. The summed E-state index contributed by atoms with van der Waals surface area (Å²) in [4.78, 5) is 0. The van der Waals surface area contributed by atoms with E-state index in [-0.39, 0.29) is 0 Å². The van der Waals surface area contributed by atoms with Gasteiger partial charge in [0.15, 0.2) is 8.32 Å². The van der Waals surface area contributed by atoms with Crippen molar-refractivity contribution in [3.05, 3.63) is 0 Å². The molecule has 0 radical (unpaired) electrons. The van der Waals surface area contributed by atoms with Crippen molar-refractivity contribution in [2.75, 3.05) is 40.8 Å². The molecule has 0 aliphatic carbocycles. The van der Waals surface area contributed by atoms with E-state index in [1.807, 2.05) is 0 Å². The van der Waals surface area contributed by atoms with E-state index < -0.39 is 8.32 Å². The first-order valence-electron chi connectivity index (χ1n) is 5.32. The van der Waals surface area contributed by atoms with Gasteiger partial charge in [0.25, 0.3) is 0 Å². The second-order valence-corrected chi connectivity index (χ2v) is 8.42. The fourth-order valence-electron chi connectivity index (χ4n) is 1.06. The minimum atomic E-state index is -1.39. The highest BCUT2D eigenvalue weighted by molar-refractivity contribution is 6.71. The molecule has 0 aromatic carbocycles. The Morgan fingerprint density at radius 3 is 2.20 bits per heavy atom. The molecule has 0 unspecified atom stereocenters. The molecule has 0 aromatic heterocycles. The van der Waals surface area contributed by atoms with Crippen LogP contribution >= 0.6 is 0 Å². The Labute approximate surface area is 94.0 Å². The lowest BCUT2D eigenvalue weighted by molar-refractivity contribution is -0.0506. The first-order chi connectivity index (χ1) is 7.12. The number of ether oxygens (including phenoxy) is 3. The predicted octanol–water partition coefficient (Wildman–Crippen LogP) is 1.87. The molecule has 0 bridgehead atoms. The van der Waals surface area contributed by atoms with Crippen molar-refractivity contribution in [1.82, 2.24) is 0 Å². The monoisotopic (exact) mass is 236 g/mol. The van der Waals surface area contributed by atoms with Gasteiger partial charge in [0, 0.05) is 20.8 Å². The Kier molecular flexibility index (Phi) is 9.33. The highest BCUT2D eigenvalue weighted by Gasteiger charge is 2.19. The van der Waals surface area contributed by atoms with Crippen LogP contribution < -0.4 is 0 Å². The van der Waals surface area contributed by atoms with Crippen LogP contribution in [-0.2, 0) is 18.6 Å². The van der Waals surface area contributed by atoms with E-state index in [2.05, 4.69) is 13.1 Å². The molecule has 0 aliphatic heterocycles. The molecule has 0 spiro atoms. The molecule has 0 N–H and O–H groups in total. The molecule has 5 heteroatoms. The summed E-state index contributed by atoms with van der Waals surface area (Å²) in [5.41, 5.74) is 0. The fourth-order valence-corrected chi connectivity index (χ4v) is 2.26. The van der Waals surface area contributed by atoms with Gasteiger partial charge in [0.05, 0.1) is 13.2 Å². The van der Waals surface area contributed by atoms with E-state index in [9.17, 15) is 0 Å². The fraction of sp³-hybridized carbons (Fsp3) is 1.00. The second kappa shape index (κ2) is 9.29. The average molecular weight is 236 g/mol. The van der Waals surface area contributed by atoms with Gasteiger partial charge in [-0.05, 0) is 25.6 Å². The van der Waals surface area contributed by atoms with Crippen molar-refractivity contribution in [1.29, 1.82) is 0 Å². The summed E-state index contributed by atoms with van der Waals surface area (Å²) in [7, 11) is 2.02. The molecule has 15 heavy (non-hydrogen) atoms. The minimum Gasteiger partial charge on any atom is -0.420 e. The number of rotatable bonds is 10. The van der Waals surface area contributed by atoms with Crippen LogP contribution in [0.1, 0.15) is 6.42 Å². The summed E-state index contributed by atoms with van der Waals surface area (Å²) in [5, 5.41) is 0. The molecule has 0 saturated heterocycles. The van der Waals surface area contributed by atoms with Crippen molar-refractivity contribution in [3.8, 4) is 0 Å². The van der Waals surface area contributed by atoms with Crippen molar-refractivity contribution in [2.24, 2.45) is 0 Å². The SMILES string of the molecule is COCOCCOCCC[Si](C)(C)OC. The quantitative estimate of drug-likeness (QED) is 0.330. The Morgan fingerprint density at radius 1 is 0.933 bits per heavy atom. The van der Waals surface area contributed by atoms with Gasteiger partial charge < -0.3 is 18.6 Å². The third-order valence-electron chi connectivity index (χ3n) is 2.19. The third kappa shape index (κ3) is 10.3. The van der Waals surface area contributed by atoms with Gasteiger partial charge in [-0.25, -0.2) is 0 Å². The summed E-state index contributed by atoms with van der Waals surface area (Å²) in [6, 6.07) is 1.14. The Hall–Kier alpha value is 0.0569. The van der Waals surface area contributed by atoms with E-state index in [1.165, 1.54) is 0 Å². The molecule has 0 atom stereocenters. The van der Waals surface area contributed by atoms with Crippen LogP contribution in [0.15, 0.2) is 0 Å². The van der Waals surface area contributed by atoms with Gasteiger partial charge in [-0.3, -0.25) is 0 Å². The lowest BCUT2D eigenvalue weighted by Gasteiger charge is -2.19. The Bertz CT molecular complexity index is 141. The topological polar surface area (TPSA) is 36.9 Å². The first-order valence-corrected chi connectivity index (χ1v) is 8.43. The normalized spacial score (nSPS) is 12.0. The summed E-state index contributed by atoms with van der Waals surface area (Å²) in [6.45, 7) is 6.80. The summed E-state index contributed by atoms with van der Waals surface area (Å²) in [6.07, 6.45) is 1.07. The predicted molar refractivity (Wildman–Crippen MR) is 62.6 cm³/mol. The van der Waals surface area contributed by atoms with E-state index in [0.29, 0.717) is 20.0 Å². The van der Waals surface area contributed by atoms with Gasteiger partial charge in [0.1, 0.15) is 6.79 Å². The van der Waals surface area contributed by atoms with Crippen LogP contribution in [-0.4, -0.2) is 49.2 Å². The summed E-state index contributed by atoms with van der Waals surface area (Å²) in [5.74, 6) is 0. The maximum atomic E-state index is 5.44. The maximum Gasteiger partial charge on any atom is 0.186 e. The molecular weight excluding hydrogens is 212 g/mol.